The lowest BCUT2D eigenvalue weighted by Crippen LogP contribution is -2.41. The van der Waals surface area contributed by atoms with Gasteiger partial charge in [0.1, 0.15) is 17.2 Å². The number of rotatable bonds is 16. The van der Waals surface area contributed by atoms with Gasteiger partial charge in [0, 0.05) is 61.0 Å². The lowest BCUT2D eigenvalue weighted by molar-refractivity contribution is 0.0835. The van der Waals surface area contributed by atoms with Crippen LogP contribution in [0.1, 0.15) is 37.7 Å². The number of hydrogen-bond acceptors (Lipinski definition) is 10. The lowest BCUT2D eigenvalue weighted by Gasteiger charge is -2.36. The third-order valence-electron chi connectivity index (χ3n) is 8.34. The number of fused-ring (bicyclic) bond motifs is 1. The summed E-state index contributed by atoms with van der Waals surface area (Å²) in [5.41, 5.74) is 4.91. The molecule has 4 rings (SSSR count). The van der Waals surface area contributed by atoms with E-state index in [0.29, 0.717) is 49.0 Å². The van der Waals surface area contributed by atoms with E-state index in [-0.39, 0.29) is 29.9 Å². The van der Waals surface area contributed by atoms with Crippen molar-refractivity contribution in [1.82, 2.24) is 20.3 Å². The van der Waals surface area contributed by atoms with E-state index >= 15 is 0 Å². The maximum Gasteiger partial charge on any atom is 0.269 e. The zero-order valence-corrected chi connectivity index (χ0v) is 29.5. The fourth-order valence-electron chi connectivity index (χ4n) is 4.64. The molecule has 0 saturated heterocycles. The van der Waals surface area contributed by atoms with Crippen LogP contribution in [0.3, 0.4) is 0 Å². The van der Waals surface area contributed by atoms with Crippen molar-refractivity contribution in [3.05, 3.63) is 66.6 Å². The largest absolute Gasteiger partial charge is 0.497 e. The van der Waals surface area contributed by atoms with Gasteiger partial charge in [0.25, 0.3) is 5.91 Å². The summed E-state index contributed by atoms with van der Waals surface area (Å²) >= 11 is 0. The second-order valence-electron chi connectivity index (χ2n) is 12.6. The molecule has 2 aromatic carbocycles. The van der Waals surface area contributed by atoms with Gasteiger partial charge in [-0.05, 0) is 54.9 Å². The van der Waals surface area contributed by atoms with Crippen LogP contribution in [0.25, 0.3) is 22.3 Å². The van der Waals surface area contributed by atoms with Gasteiger partial charge in [-0.3, -0.25) is 14.8 Å². The van der Waals surface area contributed by atoms with Crippen molar-refractivity contribution in [3.8, 4) is 22.8 Å². The number of amides is 1. The Balaban J connectivity index is 1.62. The molecule has 12 heteroatoms. The minimum Gasteiger partial charge on any atom is -0.497 e. The number of hydrogen-bond donors (Lipinski definition) is 2. The molecule has 0 aliphatic carbocycles. The van der Waals surface area contributed by atoms with Crippen molar-refractivity contribution in [2.24, 2.45) is 0 Å². The first-order valence-electron chi connectivity index (χ1n) is 15.8. The Labute approximate surface area is 278 Å². The van der Waals surface area contributed by atoms with Crippen molar-refractivity contribution in [2.45, 2.75) is 45.3 Å². The van der Waals surface area contributed by atoms with Crippen molar-refractivity contribution >= 4 is 36.6 Å². The van der Waals surface area contributed by atoms with Gasteiger partial charge in [0.15, 0.2) is 8.32 Å². The Morgan fingerprint density at radius 1 is 0.915 bits per heavy atom. The first-order valence-corrected chi connectivity index (χ1v) is 18.7. The predicted octanol–water partition coefficient (Wildman–Crippen LogP) is 6.00. The standard InChI is InChI=1S/C35H47N5O6Si/c1-35(2,3)47(6,7)46-16-8-14-40(27-20-28(43-4)23-29(21-27)44-5)26-9-10-30-31(22-26)39-33(24-38-30)25-11-12-36-32(19-25)34(42)37-13-17-45-18-15-41/h9-12,19-24,41H,8,13-18H2,1-7H3,(H,37,42). The number of aromatic nitrogens is 3. The highest BCUT2D eigenvalue weighted by atomic mass is 28.4. The second kappa shape index (κ2) is 16.1. The van der Waals surface area contributed by atoms with E-state index in [1.165, 1.54) is 0 Å². The molecule has 0 aliphatic rings. The van der Waals surface area contributed by atoms with Gasteiger partial charge >= 0.3 is 0 Å². The van der Waals surface area contributed by atoms with Crippen LogP contribution in [0, 0.1) is 0 Å². The number of aliphatic hydroxyl groups is 1. The zero-order chi connectivity index (χ0) is 34.0. The summed E-state index contributed by atoms with van der Waals surface area (Å²) in [6.07, 6.45) is 4.09. The molecule has 252 valence electrons. The number of ether oxygens (including phenoxy) is 3. The van der Waals surface area contributed by atoms with Crippen molar-refractivity contribution in [3.63, 3.8) is 0 Å². The van der Waals surface area contributed by atoms with Crippen LogP contribution in [-0.2, 0) is 9.16 Å². The molecule has 0 bridgehead atoms. The van der Waals surface area contributed by atoms with E-state index in [4.69, 9.17) is 28.7 Å². The van der Waals surface area contributed by atoms with Crippen LogP contribution >= 0.6 is 0 Å². The normalized spacial score (nSPS) is 11.8. The number of carbonyl (C=O) groups excluding carboxylic acids is 1. The third-order valence-corrected chi connectivity index (χ3v) is 12.9. The highest BCUT2D eigenvalue weighted by molar-refractivity contribution is 6.74. The van der Waals surface area contributed by atoms with Crippen LogP contribution in [0.15, 0.2) is 60.9 Å². The molecule has 0 unspecified atom stereocenters. The van der Waals surface area contributed by atoms with Gasteiger partial charge in [-0.15, -0.1) is 0 Å². The van der Waals surface area contributed by atoms with Crippen LogP contribution in [0.5, 0.6) is 11.5 Å². The average molecular weight is 662 g/mol. The van der Waals surface area contributed by atoms with Gasteiger partial charge in [-0.2, -0.15) is 0 Å². The molecule has 0 fully saturated rings. The maximum absolute atomic E-state index is 12.7. The van der Waals surface area contributed by atoms with E-state index in [1.54, 1.807) is 38.7 Å². The molecule has 0 saturated carbocycles. The Kier molecular flexibility index (Phi) is 12.3. The van der Waals surface area contributed by atoms with Crippen LogP contribution < -0.4 is 19.7 Å². The first kappa shape index (κ1) is 35.7. The summed E-state index contributed by atoms with van der Waals surface area (Å²) in [7, 11) is 1.40. The zero-order valence-electron chi connectivity index (χ0n) is 28.5. The van der Waals surface area contributed by atoms with Crippen LogP contribution in [-0.4, -0.2) is 88.0 Å². The Morgan fingerprint density at radius 2 is 1.66 bits per heavy atom. The summed E-state index contributed by atoms with van der Waals surface area (Å²) in [6.45, 7) is 13.4. The number of benzene rings is 2. The summed E-state index contributed by atoms with van der Waals surface area (Å²) in [4.78, 5) is 28.7. The third kappa shape index (κ3) is 9.47. The van der Waals surface area contributed by atoms with Crippen molar-refractivity contribution in [1.29, 1.82) is 0 Å². The fourth-order valence-corrected chi connectivity index (χ4v) is 5.72. The van der Waals surface area contributed by atoms with E-state index in [1.807, 2.05) is 36.4 Å². The molecular weight excluding hydrogens is 615 g/mol. The minimum absolute atomic E-state index is 0.0635. The van der Waals surface area contributed by atoms with E-state index in [9.17, 15) is 4.79 Å². The Hall–Kier alpha value is -4.10. The van der Waals surface area contributed by atoms with Gasteiger partial charge in [-0.1, -0.05) is 20.8 Å². The molecule has 0 aliphatic heterocycles. The van der Waals surface area contributed by atoms with Gasteiger partial charge in [0.2, 0.25) is 0 Å². The molecule has 1 amide bonds. The SMILES string of the molecule is COc1cc(OC)cc(N(CCCO[Si](C)(C)C(C)(C)C)c2ccc3ncc(-c4ccnc(C(=O)NCCOCCO)c4)nc3c2)c1. The summed E-state index contributed by atoms with van der Waals surface area (Å²) in [5.74, 6) is 1.07. The summed E-state index contributed by atoms with van der Waals surface area (Å²) < 4.78 is 22.9. The molecule has 2 N–H and O–H groups in total. The molecule has 47 heavy (non-hydrogen) atoms. The number of anilines is 2. The molecule has 0 radical (unpaired) electrons. The molecule has 0 atom stereocenters. The highest BCUT2D eigenvalue weighted by Crippen LogP contribution is 2.37. The molecule has 4 aromatic rings. The molecule has 11 nitrogen and oxygen atoms in total. The summed E-state index contributed by atoms with van der Waals surface area (Å²) in [5, 5.41) is 11.7. The molecule has 2 aromatic heterocycles. The van der Waals surface area contributed by atoms with Crippen molar-refractivity contribution < 1.29 is 28.5 Å². The van der Waals surface area contributed by atoms with E-state index < -0.39 is 8.32 Å². The average Bonchev–Trinajstić information content (AvgIpc) is 3.06. The molecular formula is C35H47N5O6Si. The molecule has 0 spiro atoms. The van der Waals surface area contributed by atoms with Gasteiger partial charge < -0.3 is 34.0 Å². The number of aliphatic hydroxyl groups excluding tert-OH is 1. The van der Waals surface area contributed by atoms with E-state index in [2.05, 4.69) is 54.0 Å². The highest BCUT2D eigenvalue weighted by Gasteiger charge is 2.36. The number of nitrogens with zero attached hydrogens (tertiary/aromatic N) is 4. The maximum atomic E-state index is 12.7. The number of pyridine rings is 1. The summed E-state index contributed by atoms with van der Waals surface area (Å²) in [6, 6.07) is 15.4. The number of methoxy groups -OCH3 is 2. The Bertz CT molecular complexity index is 1620. The van der Waals surface area contributed by atoms with Crippen LogP contribution in [0.2, 0.25) is 18.1 Å². The second-order valence-corrected chi connectivity index (χ2v) is 17.4. The van der Waals surface area contributed by atoms with Gasteiger partial charge in [-0.25, -0.2) is 4.98 Å². The van der Waals surface area contributed by atoms with Crippen LogP contribution in [0.4, 0.5) is 11.4 Å². The smallest absolute Gasteiger partial charge is 0.269 e. The van der Waals surface area contributed by atoms with E-state index in [0.717, 1.165) is 28.9 Å². The Morgan fingerprint density at radius 3 is 2.34 bits per heavy atom. The lowest BCUT2D eigenvalue weighted by atomic mass is 10.1. The fraction of sp³-hybridized carbons (Fsp3) is 0.429. The topological polar surface area (TPSA) is 128 Å². The molecule has 2 heterocycles. The number of carbonyl (C=O) groups is 1. The van der Waals surface area contributed by atoms with Crippen molar-refractivity contribution in [2.75, 3.05) is 58.6 Å². The predicted molar refractivity (Wildman–Crippen MR) is 187 cm³/mol. The quantitative estimate of drug-likeness (QED) is 0.109. The number of nitrogens with one attached hydrogen (secondary N) is 1. The minimum atomic E-state index is -1.88. The first-order chi connectivity index (χ1) is 22.5. The monoisotopic (exact) mass is 661 g/mol. The van der Waals surface area contributed by atoms with Gasteiger partial charge in [0.05, 0.1) is 57.0 Å².